The molecule has 0 saturated carbocycles. The standard InChI is InChI=1S/C14H11BrFNO3/c15-9-4-10(16)6-11(5-9)20-7-8-2-1-3-12(17)13(8)14(18)19/h1-6H,7,17H2,(H,18,19). The molecule has 0 fully saturated rings. The van der Waals surface area contributed by atoms with Crippen LogP contribution >= 0.6 is 15.9 Å². The molecule has 104 valence electrons. The van der Waals surface area contributed by atoms with Gasteiger partial charge in [0.15, 0.2) is 0 Å². The second kappa shape index (κ2) is 5.92. The van der Waals surface area contributed by atoms with E-state index in [0.29, 0.717) is 15.8 Å². The number of carboxylic acids is 1. The Morgan fingerprint density at radius 1 is 1.35 bits per heavy atom. The van der Waals surface area contributed by atoms with Gasteiger partial charge in [0, 0.05) is 21.8 Å². The fraction of sp³-hybridized carbons (Fsp3) is 0.0714. The summed E-state index contributed by atoms with van der Waals surface area (Å²) in [5.74, 6) is -1.27. The van der Waals surface area contributed by atoms with Crippen LogP contribution in [-0.4, -0.2) is 11.1 Å². The zero-order valence-corrected chi connectivity index (χ0v) is 11.9. The molecule has 2 aromatic rings. The first-order valence-corrected chi connectivity index (χ1v) is 6.46. The van der Waals surface area contributed by atoms with Crippen molar-refractivity contribution < 1.29 is 19.0 Å². The van der Waals surface area contributed by atoms with E-state index in [0.717, 1.165) is 0 Å². The highest BCUT2D eigenvalue weighted by Gasteiger charge is 2.14. The van der Waals surface area contributed by atoms with Gasteiger partial charge in [-0.05, 0) is 18.2 Å². The van der Waals surface area contributed by atoms with Crippen LogP contribution in [0.1, 0.15) is 15.9 Å². The Bertz CT molecular complexity index is 641. The quantitative estimate of drug-likeness (QED) is 0.837. The maximum atomic E-state index is 13.2. The molecule has 20 heavy (non-hydrogen) atoms. The van der Waals surface area contributed by atoms with Crippen LogP contribution in [0, 0.1) is 5.82 Å². The molecular formula is C14H11BrFNO3. The molecule has 0 aliphatic heterocycles. The topological polar surface area (TPSA) is 72.5 Å². The molecule has 0 aliphatic carbocycles. The molecular weight excluding hydrogens is 329 g/mol. The van der Waals surface area contributed by atoms with Crippen LogP contribution in [0.3, 0.4) is 0 Å². The van der Waals surface area contributed by atoms with Crippen molar-refractivity contribution in [2.45, 2.75) is 6.61 Å². The Labute approximate surface area is 123 Å². The lowest BCUT2D eigenvalue weighted by Crippen LogP contribution is -2.09. The Morgan fingerprint density at radius 3 is 2.75 bits per heavy atom. The van der Waals surface area contributed by atoms with E-state index in [1.807, 2.05) is 0 Å². The Kier molecular flexibility index (Phi) is 4.24. The molecule has 0 aromatic heterocycles. The number of benzene rings is 2. The van der Waals surface area contributed by atoms with Crippen molar-refractivity contribution in [1.29, 1.82) is 0 Å². The summed E-state index contributed by atoms with van der Waals surface area (Å²) in [6, 6.07) is 8.87. The second-order valence-corrected chi connectivity index (χ2v) is 5.00. The number of anilines is 1. The SMILES string of the molecule is Nc1cccc(COc2cc(F)cc(Br)c2)c1C(=O)O. The maximum Gasteiger partial charge on any atom is 0.338 e. The van der Waals surface area contributed by atoms with E-state index in [9.17, 15) is 9.18 Å². The fourth-order valence-electron chi connectivity index (χ4n) is 1.77. The van der Waals surface area contributed by atoms with Crippen molar-refractivity contribution in [1.82, 2.24) is 0 Å². The number of ether oxygens (including phenoxy) is 1. The van der Waals surface area contributed by atoms with Crippen molar-refractivity contribution in [3.8, 4) is 5.75 Å². The monoisotopic (exact) mass is 339 g/mol. The molecule has 3 N–H and O–H groups in total. The van der Waals surface area contributed by atoms with Crippen molar-refractivity contribution in [3.63, 3.8) is 0 Å². The van der Waals surface area contributed by atoms with Gasteiger partial charge >= 0.3 is 5.97 Å². The van der Waals surface area contributed by atoms with E-state index in [1.54, 1.807) is 18.2 Å². The van der Waals surface area contributed by atoms with Gasteiger partial charge in [0.05, 0.1) is 5.56 Å². The van der Waals surface area contributed by atoms with Crippen LogP contribution in [-0.2, 0) is 6.61 Å². The third kappa shape index (κ3) is 3.27. The molecule has 0 unspecified atom stereocenters. The number of rotatable bonds is 4. The van der Waals surface area contributed by atoms with Crippen LogP contribution in [0.2, 0.25) is 0 Å². The summed E-state index contributed by atoms with van der Waals surface area (Å²) in [5.41, 5.74) is 6.23. The number of carboxylic acid groups (broad SMARTS) is 1. The van der Waals surface area contributed by atoms with Gasteiger partial charge in [0.25, 0.3) is 0 Å². The normalized spacial score (nSPS) is 10.3. The summed E-state index contributed by atoms with van der Waals surface area (Å²) >= 11 is 3.15. The second-order valence-electron chi connectivity index (χ2n) is 4.08. The van der Waals surface area contributed by atoms with Gasteiger partial charge in [0.2, 0.25) is 0 Å². The summed E-state index contributed by atoms with van der Waals surface area (Å²) in [5, 5.41) is 9.13. The molecule has 2 aromatic carbocycles. The number of hydrogen-bond acceptors (Lipinski definition) is 3. The van der Waals surface area contributed by atoms with Gasteiger partial charge in [-0.3, -0.25) is 0 Å². The molecule has 0 radical (unpaired) electrons. The smallest absolute Gasteiger partial charge is 0.338 e. The van der Waals surface area contributed by atoms with Crippen LogP contribution in [0.25, 0.3) is 0 Å². The molecule has 0 saturated heterocycles. The van der Waals surface area contributed by atoms with Gasteiger partial charge in [-0.1, -0.05) is 28.1 Å². The molecule has 6 heteroatoms. The predicted molar refractivity (Wildman–Crippen MR) is 76.2 cm³/mol. The minimum absolute atomic E-state index is 0.00275. The number of halogens is 2. The molecule has 0 heterocycles. The zero-order chi connectivity index (χ0) is 14.7. The zero-order valence-electron chi connectivity index (χ0n) is 10.3. The van der Waals surface area contributed by atoms with E-state index in [1.165, 1.54) is 18.2 Å². The predicted octanol–water partition coefficient (Wildman–Crippen LogP) is 3.45. The van der Waals surface area contributed by atoms with Crippen molar-refractivity contribution >= 4 is 27.6 Å². The van der Waals surface area contributed by atoms with Gasteiger partial charge in [0.1, 0.15) is 18.2 Å². The first-order chi connectivity index (χ1) is 9.47. The number of nitrogens with two attached hydrogens (primary N) is 1. The van der Waals surface area contributed by atoms with Crippen molar-refractivity contribution in [2.75, 3.05) is 5.73 Å². The van der Waals surface area contributed by atoms with E-state index in [2.05, 4.69) is 15.9 Å². The molecule has 2 rings (SSSR count). The number of carbonyl (C=O) groups is 1. The number of nitrogen functional groups attached to an aromatic ring is 1. The first-order valence-electron chi connectivity index (χ1n) is 5.67. The lowest BCUT2D eigenvalue weighted by Gasteiger charge is -2.11. The first kappa shape index (κ1) is 14.3. The summed E-state index contributed by atoms with van der Waals surface area (Å²) in [7, 11) is 0. The minimum Gasteiger partial charge on any atom is -0.489 e. The van der Waals surface area contributed by atoms with Crippen molar-refractivity contribution in [3.05, 3.63) is 57.8 Å². The van der Waals surface area contributed by atoms with E-state index in [-0.39, 0.29) is 17.9 Å². The highest BCUT2D eigenvalue weighted by Crippen LogP contribution is 2.23. The van der Waals surface area contributed by atoms with E-state index < -0.39 is 11.8 Å². The van der Waals surface area contributed by atoms with E-state index in [4.69, 9.17) is 15.6 Å². The van der Waals surface area contributed by atoms with Crippen molar-refractivity contribution in [2.24, 2.45) is 0 Å². The lowest BCUT2D eigenvalue weighted by molar-refractivity contribution is 0.0695. The lowest BCUT2D eigenvalue weighted by atomic mass is 10.1. The number of aromatic carboxylic acids is 1. The Balaban J connectivity index is 2.23. The third-order valence-corrected chi connectivity index (χ3v) is 3.09. The van der Waals surface area contributed by atoms with E-state index >= 15 is 0 Å². The van der Waals surface area contributed by atoms with Gasteiger partial charge in [-0.15, -0.1) is 0 Å². The van der Waals surface area contributed by atoms with Crippen LogP contribution < -0.4 is 10.5 Å². The summed E-state index contributed by atoms with van der Waals surface area (Å²) in [6.45, 7) is -0.0113. The summed E-state index contributed by atoms with van der Waals surface area (Å²) in [4.78, 5) is 11.2. The maximum absolute atomic E-state index is 13.2. The molecule has 0 bridgehead atoms. The third-order valence-electron chi connectivity index (χ3n) is 2.63. The average Bonchev–Trinajstić information content (AvgIpc) is 2.34. The number of hydrogen-bond donors (Lipinski definition) is 2. The van der Waals surface area contributed by atoms with Crippen LogP contribution in [0.5, 0.6) is 5.75 Å². The molecule has 0 amide bonds. The summed E-state index contributed by atoms with van der Waals surface area (Å²) in [6.07, 6.45) is 0. The van der Waals surface area contributed by atoms with Gasteiger partial charge < -0.3 is 15.6 Å². The van der Waals surface area contributed by atoms with Gasteiger partial charge in [-0.2, -0.15) is 0 Å². The Morgan fingerprint density at radius 2 is 2.10 bits per heavy atom. The highest BCUT2D eigenvalue weighted by molar-refractivity contribution is 9.10. The fourth-order valence-corrected chi connectivity index (χ4v) is 2.22. The Hall–Kier alpha value is -2.08. The average molecular weight is 340 g/mol. The van der Waals surface area contributed by atoms with Gasteiger partial charge in [-0.25, -0.2) is 9.18 Å². The molecule has 0 atom stereocenters. The van der Waals surface area contributed by atoms with Crippen LogP contribution in [0.4, 0.5) is 10.1 Å². The highest BCUT2D eigenvalue weighted by atomic mass is 79.9. The molecule has 0 aliphatic rings. The largest absolute Gasteiger partial charge is 0.489 e. The molecule has 0 spiro atoms. The molecule has 4 nitrogen and oxygen atoms in total. The minimum atomic E-state index is -1.12. The summed E-state index contributed by atoms with van der Waals surface area (Å²) < 4.78 is 19.2. The van der Waals surface area contributed by atoms with Crippen LogP contribution in [0.15, 0.2) is 40.9 Å².